The Labute approximate surface area is 206 Å². The van der Waals surface area contributed by atoms with E-state index in [-0.39, 0.29) is 10.8 Å². The van der Waals surface area contributed by atoms with Crippen LogP contribution >= 0.6 is 0 Å². The quantitative estimate of drug-likeness (QED) is 0.475. The highest BCUT2D eigenvalue weighted by Crippen LogP contribution is 2.57. The molecule has 1 fully saturated rings. The minimum atomic E-state index is 0.268. The summed E-state index contributed by atoms with van der Waals surface area (Å²) in [6, 6.07) is 11.4. The van der Waals surface area contributed by atoms with Gasteiger partial charge in [-0.05, 0) is 82.7 Å². The van der Waals surface area contributed by atoms with Gasteiger partial charge in [0.05, 0.1) is 21.3 Å². The van der Waals surface area contributed by atoms with Gasteiger partial charge in [-0.1, -0.05) is 52.3 Å². The van der Waals surface area contributed by atoms with E-state index in [2.05, 4.69) is 51.2 Å². The van der Waals surface area contributed by atoms with E-state index in [9.17, 15) is 0 Å². The maximum atomic E-state index is 5.54. The predicted molar refractivity (Wildman–Crippen MR) is 139 cm³/mol. The first-order valence-corrected chi connectivity index (χ1v) is 12.9. The molecule has 3 atom stereocenters. The Balaban J connectivity index is 1.51. The zero-order chi connectivity index (χ0) is 24.5. The second-order valence-corrected chi connectivity index (χ2v) is 11.2. The van der Waals surface area contributed by atoms with Crippen LogP contribution in [0.3, 0.4) is 0 Å². The molecular formula is C30H43NO3. The fraction of sp³-hybridized carbons (Fsp3) is 0.600. The number of fused-ring (bicyclic) bond motifs is 3. The summed E-state index contributed by atoms with van der Waals surface area (Å²) in [6.45, 7) is 11.5. The third-order valence-electron chi connectivity index (χ3n) is 8.75. The molecule has 4 rings (SSSR count). The molecule has 2 aromatic rings. The summed E-state index contributed by atoms with van der Waals surface area (Å²) < 4.78 is 16.6. The van der Waals surface area contributed by atoms with Gasteiger partial charge < -0.3 is 19.5 Å². The normalized spacial score (nSPS) is 26.1. The van der Waals surface area contributed by atoms with E-state index < -0.39 is 0 Å². The Morgan fingerprint density at radius 3 is 2.29 bits per heavy atom. The first kappa shape index (κ1) is 24.9. The van der Waals surface area contributed by atoms with Crippen LogP contribution in [0, 0.1) is 11.3 Å². The van der Waals surface area contributed by atoms with Crippen LogP contribution in [0.4, 0.5) is 0 Å². The minimum absolute atomic E-state index is 0.268. The lowest BCUT2D eigenvalue weighted by Crippen LogP contribution is -2.52. The van der Waals surface area contributed by atoms with E-state index in [0.29, 0.717) is 29.1 Å². The molecule has 0 unspecified atom stereocenters. The summed E-state index contributed by atoms with van der Waals surface area (Å²) >= 11 is 0. The minimum Gasteiger partial charge on any atom is -0.493 e. The molecular weight excluding hydrogens is 422 g/mol. The smallest absolute Gasteiger partial charge is 0.203 e. The molecule has 2 aliphatic carbocycles. The third-order valence-corrected chi connectivity index (χ3v) is 8.75. The van der Waals surface area contributed by atoms with Gasteiger partial charge in [0.25, 0.3) is 0 Å². The van der Waals surface area contributed by atoms with Gasteiger partial charge in [-0.25, -0.2) is 0 Å². The van der Waals surface area contributed by atoms with Crippen molar-refractivity contribution in [2.45, 2.75) is 77.7 Å². The standard InChI is InChI=1S/C30H43NO3/c1-20(2)22-9-11-24-23(17-22)10-12-27-29(3,13-8-14-30(24,27)4)19-31-18-21-15-25(32-5)28(34-7)26(16-21)33-6/h9,11,15-17,20,27,31H,8,10,12-14,18-19H2,1-7H3/t27-,29+,30-/m1/s1. The summed E-state index contributed by atoms with van der Waals surface area (Å²) in [7, 11) is 4.98. The van der Waals surface area contributed by atoms with Crippen molar-refractivity contribution in [3.05, 3.63) is 52.6 Å². The molecule has 0 saturated heterocycles. The summed E-state index contributed by atoms with van der Waals surface area (Å²) in [6.07, 6.45) is 6.37. The molecule has 4 nitrogen and oxygen atoms in total. The maximum Gasteiger partial charge on any atom is 0.203 e. The molecule has 0 amide bonds. The number of hydrogen-bond donors (Lipinski definition) is 1. The van der Waals surface area contributed by atoms with Gasteiger partial charge in [0.15, 0.2) is 11.5 Å². The first-order valence-electron chi connectivity index (χ1n) is 12.9. The number of methoxy groups -OCH3 is 3. The van der Waals surface area contributed by atoms with Crippen molar-refractivity contribution in [1.82, 2.24) is 5.32 Å². The van der Waals surface area contributed by atoms with Crippen LogP contribution in [0.2, 0.25) is 0 Å². The van der Waals surface area contributed by atoms with Crippen molar-refractivity contribution in [3.63, 3.8) is 0 Å². The summed E-state index contributed by atoms with van der Waals surface area (Å²) in [5.41, 5.74) is 6.38. The van der Waals surface area contributed by atoms with Gasteiger partial charge in [0, 0.05) is 13.1 Å². The van der Waals surface area contributed by atoms with Crippen molar-refractivity contribution in [3.8, 4) is 17.2 Å². The van der Waals surface area contributed by atoms with Crippen molar-refractivity contribution in [2.24, 2.45) is 11.3 Å². The number of hydrogen-bond acceptors (Lipinski definition) is 4. The van der Waals surface area contributed by atoms with Crippen molar-refractivity contribution >= 4 is 0 Å². The average molecular weight is 466 g/mol. The van der Waals surface area contributed by atoms with E-state index in [1.165, 1.54) is 37.7 Å². The first-order chi connectivity index (χ1) is 16.3. The third kappa shape index (κ3) is 4.42. The Bertz CT molecular complexity index is 991. The van der Waals surface area contributed by atoms with E-state index >= 15 is 0 Å². The highest BCUT2D eigenvalue weighted by molar-refractivity contribution is 5.53. The number of benzene rings is 2. The molecule has 0 aliphatic heterocycles. The Kier molecular flexibility index (Phi) is 7.19. The van der Waals surface area contributed by atoms with Gasteiger partial charge in [-0.3, -0.25) is 0 Å². The molecule has 1 saturated carbocycles. The second-order valence-electron chi connectivity index (χ2n) is 11.2. The van der Waals surface area contributed by atoms with Crippen LogP contribution in [0.5, 0.6) is 17.2 Å². The average Bonchev–Trinajstić information content (AvgIpc) is 2.82. The Hall–Kier alpha value is -2.20. The molecule has 0 heterocycles. The van der Waals surface area contributed by atoms with Crippen LogP contribution in [-0.4, -0.2) is 27.9 Å². The van der Waals surface area contributed by atoms with Gasteiger partial charge in [0.2, 0.25) is 5.75 Å². The van der Waals surface area contributed by atoms with Crippen LogP contribution in [0.25, 0.3) is 0 Å². The fourth-order valence-corrected chi connectivity index (χ4v) is 6.94. The molecule has 186 valence electrons. The molecule has 0 spiro atoms. The molecule has 1 N–H and O–H groups in total. The SMILES string of the molecule is COc1cc(CNC[C@]2(C)CCC[C@]3(C)c4ccc(C(C)C)cc4CC[C@H]23)cc(OC)c1OC. The highest BCUT2D eigenvalue weighted by atomic mass is 16.5. The lowest BCUT2D eigenvalue weighted by Gasteiger charge is -2.55. The second kappa shape index (κ2) is 9.81. The lowest BCUT2D eigenvalue weighted by molar-refractivity contribution is 0.0257. The van der Waals surface area contributed by atoms with E-state index in [1.807, 2.05) is 12.1 Å². The van der Waals surface area contributed by atoms with Crippen molar-refractivity contribution < 1.29 is 14.2 Å². The summed E-state index contributed by atoms with van der Waals surface area (Å²) in [5.74, 6) is 3.34. The monoisotopic (exact) mass is 465 g/mol. The van der Waals surface area contributed by atoms with Crippen LogP contribution in [0.15, 0.2) is 30.3 Å². The molecule has 2 aliphatic rings. The van der Waals surface area contributed by atoms with Crippen LogP contribution in [0.1, 0.15) is 81.5 Å². The molecule has 4 heteroatoms. The Morgan fingerprint density at radius 2 is 1.68 bits per heavy atom. The van der Waals surface area contributed by atoms with Crippen molar-refractivity contribution in [1.29, 1.82) is 0 Å². The maximum absolute atomic E-state index is 5.54. The van der Waals surface area contributed by atoms with Gasteiger partial charge in [0.1, 0.15) is 0 Å². The fourth-order valence-electron chi connectivity index (χ4n) is 6.94. The van der Waals surface area contributed by atoms with Gasteiger partial charge >= 0.3 is 0 Å². The zero-order valence-corrected chi connectivity index (χ0v) is 22.2. The predicted octanol–water partition coefficient (Wildman–Crippen LogP) is 6.64. The molecule has 0 radical (unpaired) electrons. The number of ether oxygens (including phenoxy) is 3. The molecule has 0 aromatic heterocycles. The van der Waals surface area contributed by atoms with Gasteiger partial charge in [-0.2, -0.15) is 0 Å². The molecule has 34 heavy (non-hydrogen) atoms. The number of rotatable bonds is 8. The number of nitrogens with one attached hydrogen (secondary N) is 1. The van der Waals surface area contributed by atoms with Crippen LogP contribution < -0.4 is 19.5 Å². The Morgan fingerprint density at radius 1 is 0.971 bits per heavy atom. The van der Waals surface area contributed by atoms with Crippen molar-refractivity contribution in [2.75, 3.05) is 27.9 Å². The van der Waals surface area contributed by atoms with Gasteiger partial charge in [-0.15, -0.1) is 0 Å². The lowest BCUT2D eigenvalue weighted by atomic mass is 9.49. The van der Waals surface area contributed by atoms with Crippen LogP contribution in [-0.2, 0) is 18.4 Å². The van der Waals surface area contributed by atoms with E-state index in [4.69, 9.17) is 14.2 Å². The zero-order valence-electron chi connectivity index (χ0n) is 22.2. The summed E-state index contributed by atoms with van der Waals surface area (Å²) in [5, 5.41) is 3.80. The molecule has 0 bridgehead atoms. The number of aryl methyl sites for hydroxylation is 1. The summed E-state index contributed by atoms with van der Waals surface area (Å²) in [4.78, 5) is 0. The van der Waals surface area contributed by atoms with E-state index in [0.717, 1.165) is 18.7 Å². The largest absolute Gasteiger partial charge is 0.493 e. The molecule has 2 aromatic carbocycles. The topological polar surface area (TPSA) is 39.7 Å². The van der Waals surface area contributed by atoms with E-state index in [1.54, 1.807) is 32.5 Å². The highest BCUT2D eigenvalue weighted by Gasteiger charge is 2.51.